The van der Waals surface area contributed by atoms with Crippen LogP contribution >= 0.6 is 0 Å². The minimum absolute atomic E-state index is 0.0571. The molecule has 4 aromatic carbocycles. The van der Waals surface area contributed by atoms with E-state index < -0.39 is 5.97 Å². The summed E-state index contributed by atoms with van der Waals surface area (Å²) in [6.45, 7) is 4.42. The van der Waals surface area contributed by atoms with Gasteiger partial charge in [-0.15, -0.1) is 0 Å². The smallest absolute Gasteiger partial charge is 0.335 e. The second-order valence-corrected chi connectivity index (χ2v) is 8.90. The Hall–Kier alpha value is -3.92. The summed E-state index contributed by atoms with van der Waals surface area (Å²) in [6, 6.07) is 28.4. The second kappa shape index (κ2) is 9.14. The summed E-state index contributed by atoms with van der Waals surface area (Å²) in [6.07, 6.45) is 0.644. The number of benzene rings is 4. The lowest BCUT2D eigenvalue weighted by molar-refractivity contribution is 0.0696. The van der Waals surface area contributed by atoms with Crippen molar-refractivity contribution in [2.24, 2.45) is 4.99 Å². The molecule has 1 N–H and O–H groups in total. The predicted molar refractivity (Wildman–Crippen MR) is 136 cm³/mol. The van der Waals surface area contributed by atoms with Crippen LogP contribution in [0.1, 0.15) is 51.9 Å². The van der Waals surface area contributed by atoms with Crippen LogP contribution in [-0.2, 0) is 0 Å². The maximum absolute atomic E-state index is 11.7. The van der Waals surface area contributed by atoms with E-state index in [1.807, 2.05) is 49.4 Å². The van der Waals surface area contributed by atoms with Crippen LogP contribution in [0.4, 0.5) is 0 Å². The predicted octanol–water partition coefficient (Wildman–Crippen LogP) is 6.64. The number of ether oxygens (including phenoxy) is 1. The van der Waals surface area contributed by atoms with Gasteiger partial charge in [-0.05, 0) is 54.3 Å². The Kier molecular flexibility index (Phi) is 5.89. The van der Waals surface area contributed by atoms with E-state index in [-0.39, 0.29) is 12.0 Å². The zero-order chi connectivity index (χ0) is 23.7. The van der Waals surface area contributed by atoms with Crippen LogP contribution in [0.25, 0.3) is 10.8 Å². The van der Waals surface area contributed by atoms with Crippen molar-refractivity contribution in [3.63, 3.8) is 0 Å². The third-order valence-corrected chi connectivity index (χ3v) is 6.69. The van der Waals surface area contributed by atoms with Crippen LogP contribution in [0, 0.1) is 6.92 Å². The Bertz CT molecular complexity index is 1400. The van der Waals surface area contributed by atoms with Crippen molar-refractivity contribution in [1.82, 2.24) is 0 Å². The van der Waals surface area contributed by atoms with Crippen molar-refractivity contribution in [2.75, 3.05) is 6.54 Å². The van der Waals surface area contributed by atoms with Crippen LogP contribution in [-0.4, -0.2) is 29.4 Å². The van der Waals surface area contributed by atoms with Gasteiger partial charge in [0.2, 0.25) is 0 Å². The van der Waals surface area contributed by atoms with Gasteiger partial charge < -0.3 is 9.84 Å². The van der Waals surface area contributed by atoms with Gasteiger partial charge in [0.05, 0.1) is 12.1 Å². The van der Waals surface area contributed by atoms with Gasteiger partial charge in [0.1, 0.15) is 11.9 Å². The second-order valence-electron chi connectivity index (χ2n) is 8.90. The van der Waals surface area contributed by atoms with E-state index >= 15 is 0 Å². The number of rotatable bonds is 5. The van der Waals surface area contributed by atoms with Crippen molar-refractivity contribution in [3.05, 3.63) is 113 Å². The van der Waals surface area contributed by atoms with Crippen LogP contribution in [0.3, 0.4) is 0 Å². The quantitative estimate of drug-likeness (QED) is 0.348. The summed E-state index contributed by atoms with van der Waals surface area (Å²) in [7, 11) is 0. The number of para-hydroxylation sites is 1. The van der Waals surface area contributed by atoms with Crippen LogP contribution in [0.5, 0.6) is 5.75 Å². The number of fused-ring (bicyclic) bond motifs is 2. The molecule has 0 aliphatic carbocycles. The molecule has 0 fully saturated rings. The summed E-state index contributed by atoms with van der Waals surface area (Å²) < 4.78 is 6.34. The fourth-order valence-corrected chi connectivity index (χ4v) is 4.87. The molecular formula is C30H27NO3. The molecule has 0 unspecified atom stereocenters. The summed E-state index contributed by atoms with van der Waals surface area (Å²) in [5.74, 6) is 0.00693. The Morgan fingerprint density at radius 1 is 0.971 bits per heavy atom. The SMILES string of the molecule is C/C(=N\C[C@H]1C[C@@H](c2ccc(C)c(C(=O)O)c2)c2ccccc2O1)c1cccc2ccccc12. The van der Waals surface area contributed by atoms with Crippen LogP contribution < -0.4 is 4.74 Å². The average Bonchev–Trinajstić information content (AvgIpc) is 2.86. The van der Waals surface area contributed by atoms with Gasteiger partial charge in [0, 0.05) is 22.8 Å². The third-order valence-electron chi connectivity index (χ3n) is 6.69. The maximum Gasteiger partial charge on any atom is 0.335 e. The van der Waals surface area contributed by atoms with Gasteiger partial charge in [-0.2, -0.15) is 0 Å². The molecule has 4 nitrogen and oxygen atoms in total. The molecule has 0 amide bonds. The minimum atomic E-state index is -0.897. The number of aliphatic imine (C=N–C) groups is 1. The molecule has 0 saturated heterocycles. The Morgan fingerprint density at radius 2 is 1.74 bits per heavy atom. The normalized spacial score (nSPS) is 17.8. The molecule has 1 aliphatic heterocycles. The molecule has 0 bridgehead atoms. The molecule has 0 saturated carbocycles. The molecule has 170 valence electrons. The zero-order valence-corrected chi connectivity index (χ0v) is 19.4. The summed E-state index contributed by atoms with van der Waals surface area (Å²) in [5.41, 5.74) is 5.33. The molecule has 2 atom stereocenters. The zero-order valence-electron chi connectivity index (χ0n) is 19.4. The molecule has 4 heteroatoms. The number of nitrogens with zero attached hydrogens (tertiary/aromatic N) is 1. The summed E-state index contributed by atoms with van der Waals surface area (Å²) in [4.78, 5) is 16.7. The highest BCUT2D eigenvalue weighted by atomic mass is 16.5. The van der Waals surface area contributed by atoms with Crippen molar-refractivity contribution in [3.8, 4) is 5.75 Å². The molecule has 34 heavy (non-hydrogen) atoms. The first-order chi connectivity index (χ1) is 16.5. The summed E-state index contributed by atoms with van der Waals surface area (Å²) in [5, 5.41) is 12.0. The van der Waals surface area contributed by atoms with Gasteiger partial charge in [-0.25, -0.2) is 4.79 Å². The standard InChI is InChI=1S/C30H27NO3/c1-19-14-15-22(16-27(19)30(32)33)28-17-23(34-29-13-6-5-11-26(28)29)18-31-20(2)24-12-7-9-21-8-3-4-10-25(21)24/h3-16,23,28H,17-18H2,1-2H3,(H,32,33)/b31-20+/t23-,28+/m1/s1. The lowest BCUT2D eigenvalue weighted by Gasteiger charge is -2.32. The van der Waals surface area contributed by atoms with Crippen LogP contribution in [0.15, 0.2) is 89.9 Å². The molecule has 0 aromatic heterocycles. The lowest BCUT2D eigenvalue weighted by atomic mass is 9.83. The first kappa shape index (κ1) is 21.9. The topological polar surface area (TPSA) is 58.9 Å². The average molecular weight is 450 g/mol. The largest absolute Gasteiger partial charge is 0.488 e. The summed E-state index contributed by atoms with van der Waals surface area (Å²) >= 11 is 0. The van der Waals surface area contributed by atoms with Gasteiger partial charge in [-0.3, -0.25) is 4.99 Å². The highest BCUT2D eigenvalue weighted by molar-refractivity contribution is 6.09. The molecule has 1 heterocycles. The number of carboxylic acid groups (broad SMARTS) is 1. The maximum atomic E-state index is 11.7. The minimum Gasteiger partial charge on any atom is -0.488 e. The fourth-order valence-electron chi connectivity index (χ4n) is 4.87. The Balaban J connectivity index is 1.45. The number of carboxylic acids is 1. The number of hydrogen-bond acceptors (Lipinski definition) is 3. The lowest BCUT2D eigenvalue weighted by Crippen LogP contribution is -2.29. The monoisotopic (exact) mass is 449 g/mol. The van der Waals surface area contributed by atoms with Crippen molar-refractivity contribution in [1.29, 1.82) is 0 Å². The van der Waals surface area contributed by atoms with Gasteiger partial charge in [0.25, 0.3) is 0 Å². The fraction of sp³-hybridized carbons (Fsp3) is 0.200. The van der Waals surface area contributed by atoms with Crippen molar-refractivity contribution in [2.45, 2.75) is 32.3 Å². The van der Waals surface area contributed by atoms with E-state index in [2.05, 4.69) is 49.4 Å². The molecule has 0 radical (unpaired) electrons. The Labute approximate surface area is 199 Å². The van der Waals surface area contributed by atoms with E-state index in [0.29, 0.717) is 12.1 Å². The van der Waals surface area contributed by atoms with E-state index in [1.54, 1.807) is 0 Å². The molecule has 5 rings (SSSR count). The highest BCUT2D eigenvalue weighted by Gasteiger charge is 2.30. The number of aromatic carboxylic acids is 1. The van der Waals surface area contributed by atoms with E-state index in [4.69, 9.17) is 9.73 Å². The molecule has 4 aromatic rings. The third kappa shape index (κ3) is 4.19. The van der Waals surface area contributed by atoms with Gasteiger partial charge in [0.15, 0.2) is 0 Å². The number of hydrogen-bond donors (Lipinski definition) is 1. The van der Waals surface area contributed by atoms with E-state index in [0.717, 1.165) is 40.1 Å². The number of aryl methyl sites for hydroxylation is 1. The van der Waals surface area contributed by atoms with Gasteiger partial charge >= 0.3 is 5.97 Å². The van der Waals surface area contributed by atoms with Crippen molar-refractivity contribution < 1.29 is 14.6 Å². The van der Waals surface area contributed by atoms with Crippen molar-refractivity contribution >= 4 is 22.5 Å². The number of carbonyl (C=O) groups is 1. The first-order valence-electron chi connectivity index (χ1n) is 11.6. The van der Waals surface area contributed by atoms with E-state index in [1.165, 1.54) is 10.8 Å². The van der Waals surface area contributed by atoms with Crippen LogP contribution in [0.2, 0.25) is 0 Å². The van der Waals surface area contributed by atoms with E-state index in [9.17, 15) is 9.90 Å². The molecule has 1 aliphatic rings. The molecule has 0 spiro atoms. The molecular weight excluding hydrogens is 422 g/mol. The highest BCUT2D eigenvalue weighted by Crippen LogP contribution is 2.41. The first-order valence-corrected chi connectivity index (χ1v) is 11.6. The Morgan fingerprint density at radius 3 is 2.59 bits per heavy atom. The van der Waals surface area contributed by atoms with Gasteiger partial charge in [-0.1, -0.05) is 72.8 Å².